The predicted molar refractivity (Wildman–Crippen MR) is 106 cm³/mol. The van der Waals surface area contributed by atoms with Gasteiger partial charge in [-0.2, -0.15) is 0 Å². The zero-order valence-electron chi connectivity index (χ0n) is 17.8. The van der Waals surface area contributed by atoms with Crippen LogP contribution in [0.4, 0.5) is 0 Å². The summed E-state index contributed by atoms with van der Waals surface area (Å²) in [7, 11) is 0. The van der Waals surface area contributed by atoms with Gasteiger partial charge < -0.3 is 28.8 Å². The molecule has 0 aromatic carbocycles. The van der Waals surface area contributed by atoms with Crippen molar-refractivity contribution >= 4 is 45.6 Å². The summed E-state index contributed by atoms with van der Waals surface area (Å²) in [5.74, 6) is -5.41. The van der Waals surface area contributed by atoms with Crippen molar-refractivity contribution in [2.45, 2.75) is 77.2 Å². The molecule has 1 rings (SSSR count). The highest BCUT2D eigenvalue weighted by Crippen LogP contribution is 2.37. The summed E-state index contributed by atoms with van der Waals surface area (Å²) in [6.07, 6.45) is -5.60. The van der Waals surface area contributed by atoms with Crippen LogP contribution in [-0.2, 0) is 47.7 Å². The van der Waals surface area contributed by atoms with Crippen LogP contribution in [0.1, 0.15) is 47.0 Å². The highest BCUT2D eigenvalue weighted by molar-refractivity contribution is 9.09. The first-order chi connectivity index (χ1) is 14.4. The third-order valence-electron chi connectivity index (χ3n) is 4.28. The van der Waals surface area contributed by atoms with Crippen molar-refractivity contribution < 1.29 is 52.8 Å². The van der Waals surface area contributed by atoms with E-state index in [0.29, 0.717) is 0 Å². The second-order valence-corrected chi connectivity index (χ2v) is 7.57. The number of hydrogen-bond acceptors (Lipinski definition) is 11. The number of rotatable bonds is 10. The van der Waals surface area contributed by atoms with Gasteiger partial charge in [0.15, 0.2) is 18.3 Å². The maximum absolute atomic E-state index is 11.7. The molecule has 12 heteroatoms. The lowest BCUT2D eigenvalue weighted by Crippen LogP contribution is -2.68. The summed E-state index contributed by atoms with van der Waals surface area (Å²) in [6.45, 7) is 3.96. The quantitative estimate of drug-likeness (QED) is 0.249. The van der Waals surface area contributed by atoms with Gasteiger partial charge >= 0.3 is 23.9 Å². The topological polar surface area (TPSA) is 152 Å². The third kappa shape index (κ3) is 8.54. The standard InChI is InChI=1S/C19H27BrO11/c1-10(21)27-9-15-16(28-11(2)22)17(29-12(3)23)18(30-13(4)24)19(26,31-15)7-5-6-14(25)8-20/h15-18,26H,5-9H2,1-4H3/t15-,16-,17+,18+,19+/m1/s1. The molecule has 1 saturated heterocycles. The molecule has 0 radical (unpaired) electrons. The van der Waals surface area contributed by atoms with Crippen LogP contribution in [0.5, 0.6) is 0 Å². The van der Waals surface area contributed by atoms with Gasteiger partial charge in [0, 0.05) is 40.5 Å². The van der Waals surface area contributed by atoms with Crippen molar-refractivity contribution in [2.24, 2.45) is 0 Å². The van der Waals surface area contributed by atoms with Gasteiger partial charge in [-0.1, -0.05) is 15.9 Å². The molecule has 0 aromatic rings. The summed E-state index contributed by atoms with van der Waals surface area (Å²) < 4.78 is 26.3. The van der Waals surface area contributed by atoms with E-state index in [-0.39, 0.29) is 30.4 Å². The first-order valence-electron chi connectivity index (χ1n) is 9.52. The fourth-order valence-corrected chi connectivity index (χ4v) is 3.45. The second kappa shape index (κ2) is 12.1. The van der Waals surface area contributed by atoms with E-state index < -0.39 is 60.7 Å². The SMILES string of the molecule is CC(=O)OC[C@H]1O[C@@](O)(CCCC(=O)CBr)[C@@H](OC(C)=O)[C@@H](OC(C)=O)[C@@H]1OC(C)=O. The lowest BCUT2D eigenvalue weighted by molar-refractivity contribution is -0.354. The first kappa shape index (κ1) is 27.0. The number of Topliss-reactive ketones (excluding diaryl/α,β-unsaturated/α-hetero) is 1. The number of alkyl halides is 1. The normalized spacial score (nSPS) is 27.7. The molecule has 0 unspecified atom stereocenters. The van der Waals surface area contributed by atoms with Crippen LogP contribution in [0.15, 0.2) is 0 Å². The third-order valence-corrected chi connectivity index (χ3v) is 4.90. The van der Waals surface area contributed by atoms with Crippen LogP contribution in [0.2, 0.25) is 0 Å². The minimum atomic E-state index is -2.22. The summed E-state index contributed by atoms with van der Waals surface area (Å²) in [5, 5.41) is 11.4. The summed E-state index contributed by atoms with van der Waals surface area (Å²) in [6, 6.07) is 0. The van der Waals surface area contributed by atoms with E-state index in [1.165, 1.54) is 0 Å². The van der Waals surface area contributed by atoms with Crippen molar-refractivity contribution in [1.82, 2.24) is 0 Å². The Bertz CT molecular complexity index is 694. The first-order valence-corrected chi connectivity index (χ1v) is 10.6. The number of hydrogen-bond donors (Lipinski definition) is 1. The minimum absolute atomic E-state index is 0.0872. The summed E-state index contributed by atoms with van der Waals surface area (Å²) in [4.78, 5) is 58.0. The average molecular weight is 511 g/mol. The van der Waals surface area contributed by atoms with Crippen molar-refractivity contribution in [3.8, 4) is 0 Å². The molecule has 1 N–H and O–H groups in total. The molecular weight excluding hydrogens is 484 g/mol. The zero-order valence-corrected chi connectivity index (χ0v) is 19.3. The van der Waals surface area contributed by atoms with Crippen LogP contribution in [0.25, 0.3) is 0 Å². The van der Waals surface area contributed by atoms with Gasteiger partial charge in [-0.25, -0.2) is 0 Å². The number of ether oxygens (including phenoxy) is 5. The van der Waals surface area contributed by atoms with Crippen LogP contribution >= 0.6 is 15.9 Å². The van der Waals surface area contributed by atoms with E-state index in [1.807, 2.05) is 0 Å². The van der Waals surface area contributed by atoms with E-state index in [2.05, 4.69) is 15.9 Å². The van der Waals surface area contributed by atoms with Gasteiger partial charge in [-0.15, -0.1) is 0 Å². The molecular formula is C19H27BrO11. The molecule has 31 heavy (non-hydrogen) atoms. The van der Waals surface area contributed by atoms with Gasteiger partial charge in [-0.3, -0.25) is 24.0 Å². The smallest absolute Gasteiger partial charge is 0.303 e. The van der Waals surface area contributed by atoms with Crippen LogP contribution in [-0.4, -0.2) is 76.9 Å². The van der Waals surface area contributed by atoms with Crippen LogP contribution in [0, 0.1) is 0 Å². The maximum atomic E-state index is 11.7. The van der Waals surface area contributed by atoms with E-state index in [1.54, 1.807) is 0 Å². The molecule has 176 valence electrons. The molecule has 0 aromatic heterocycles. The van der Waals surface area contributed by atoms with Gasteiger partial charge in [0.2, 0.25) is 5.79 Å². The number of esters is 4. The van der Waals surface area contributed by atoms with E-state index in [0.717, 1.165) is 27.7 Å². The fraction of sp³-hybridized carbons (Fsp3) is 0.737. The summed E-state index contributed by atoms with van der Waals surface area (Å²) in [5.41, 5.74) is 0. The van der Waals surface area contributed by atoms with Gasteiger partial charge in [0.1, 0.15) is 18.5 Å². The number of ketones is 1. The lowest BCUT2D eigenvalue weighted by Gasteiger charge is -2.48. The van der Waals surface area contributed by atoms with Crippen LogP contribution < -0.4 is 0 Å². The van der Waals surface area contributed by atoms with Crippen molar-refractivity contribution in [3.05, 3.63) is 0 Å². The largest absolute Gasteiger partial charge is 0.463 e. The molecule has 1 heterocycles. The Hall–Kier alpha value is -2.05. The molecule has 1 fully saturated rings. The molecule has 0 amide bonds. The molecule has 0 aliphatic carbocycles. The number of carbonyl (C=O) groups excluding carboxylic acids is 5. The van der Waals surface area contributed by atoms with E-state index in [4.69, 9.17) is 23.7 Å². The molecule has 1 aliphatic rings. The Morgan fingerprint density at radius 2 is 1.45 bits per heavy atom. The highest BCUT2D eigenvalue weighted by atomic mass is 79.9. The molecule has 0 saturated carbocycles. The van der Waals surface area contributed by atoms with Crippen molar-refractivity contribution in [2.75, 3.05) is 11.9 Å². The average Bonchev–Trinajstić information content (AvgIpc) is 2.64. The van der Waals surface area contributed by atoms with Crippen LogP contribution in [0.3, 0.4) is 0 Å². The number of carbonyl (C=O) groups is 5. The minimum Gasteiger partial charge on any atom is -0.463 e. The van der Waals surface area contributed by atoms with Crippen molar-refractivity contribution in [3.63, 3.8) is 0 Å². The van der Waals surface area contributed by atoms with E-state index >= 15 is 0 Å². The molecule has 0 spiro atoms. The Kier molecular flexibility index (Phi) is 10.5. The Balaban J connectivity index is 3.35. The van der Waals surface area contributed by atoms with Crippen molar-refractivity contribution in [1.29, 1.82) is 0 Å². The second-order valence-electron chi connectivity index (χ2n) is 7.01. The number of aliphatic hydroxyl groups is 1. The molecule has 5 atom stereocenters. The maximum Gasteiger partial charge on any atom is 0.303 e. The Labute approximate surface area is 187 Å². The lowest BCUT2D eigenvalue weighted by atomic mass is 9.88. The molecule has 11 nitrogen and oxygen atoms in total. The predicted octanol–water partition coefficient (Wildman–Crippen LogP) is 0.566. The van der Waals surface area contributed by atoms with Gasteiger partial charge in [0.25, 0.3) is 0 Å². The number of halogens is 1. The zero-order chi connectivity index (χ0) is 23.8. The monoisotopic (exact) mass is 510 g/mol. The fourth-order valence-electron chi connectivity index (χ4n) is 3.16. The summed E-state index contributed by atoms with van der Waals surface area (Å²) >= 11 is 3.04. The molecule has 0 bridgehead atoms. The van der Waals surface area contributed by atoms with Gasteiger partial charge in [-0.05, 0) is 6.42 Å². The Morgan fingerprint density at radius 3 is 1.94 bits per heavy atom. The van der Waals surface area contributed by atoms with Gasteiger partial charge in [0.05, 0.1) is 5.33 Å². The molecule has 1 aliphatic heterocycles. The highest BCUT2D eigenvalue weighted by Gasteiger charge is 2.59. The Morgan fingerprint density at radius 1 is 0.903 bits per heavy atom. The van der Waals surface area contributed by atoms with E-state index in [9.17, 15) is 29.1 Å².